The summed E-state index contributed by atoms with van der Waals surface area (Å²) in [5.74, 6) is 0.151. The smallest absolute Gasteiger partial charge is 0.229 e. The number of aryl methyl sites for hydroxylation is 1. The quantitative estimate of drug-likeness (QED) is 0.799. The first-order valence-electron chi connectivity index (χ1n) is 5.13. The Hall–Kier alpha value is -1.08. The molecule has 16 heavy (non-hydrogen) atoms. The molecule has 0 radical (unpaired) electrons. The molecule has 0 aromatic carbocycles. The SMILES string of the molecule is CCc1nnc(NC(=S)NC(=O)C2CC2)s1. The van der Waals surface area contributed by atoms with E-state index in [1.165, 1.54) is 11.3 Å². The van der Waals surface area contributed by atoms with E-state index in [0.717, 1.165) is 24.3 Å². The Morgan fingerprint density at radius 3 is 2.88 bits per heavy atom. The second-order valence-corrected chi connectivity index (χ2v) is 5.04. The van der Waals surface area contributed by atoms with Gasteiger partial charge >= 0.3 is 0 Å². The second kappa shape index (κ2) is 4.84. The molecule has 1 amide bonds. The number of nitrogens with zero attached hydrogens (tertiary/aromatic N) is 2. The van der Waals surface area contributed by atoms with Crippen LogP contribution >= 0.6 is 23.6 Å². The summed E-state index contributed by atoms with van der Waals surface area (Å²) < 4.78 is 0. The number of anilines is 1. The van der Waals surface area contributed by atoms with Gasteiger partial charge in [-0.1, -0.05) is 18.3 Å². The van der Waals surface area contributed by atoms with E-state index in [1.54, 1.807) is 0 Å². The lowest BCUT2D eigenvalue weighted by Gasteiger charge is -2.05. The molecule has 0 bridgehead atoms. The number of hydrogen-bond acceptors (Lipinski definition) is 5. The number of thiocarbonyl (C=S) groups is 1. The molecule has 86 valence electrons. The summed E-state index contributed by atoms with van der Waals surface area (Å²) in [7, 11) is 0. The Balaban J connectivity index is 1.83. The maximum atomic E-state index is 11.4. The van der Waals surface area contributed by atoms with Crippen LogP contribution in [0.1, 0.15) is 24.8 Å². The van der Waals surface area contributed by atoms with Crippen LogP contribution in [0.25, 0.3) is 0 Å². The van der Waals surface area contributed by atoms with Crippen LogP contribution in [0, 0.1) is 5.92 Å². The number of amides is 1. The van der Waals surface area contributed by atoms with E-state index < -0.39 is 0 Å². The molecule has 0 aliphatic heterocycles. The topological polar surface area (TPSA) is 66.9 Å². The maximum absolute atomic E-state index is 11.4. The van der Waals surface area contributed by atoms with E-state index in [-0.39, 0.29) is 11.8 Å². The van der Waals surface area contributed by atoms with Crippen LogP contribution in [-0.2, 0) is 11.2 Å². The third-order valence-corrected chi connectivity index (χ3v) is 3.36. The number of aromatic nitrogens is 2. The highest BCUT2D eigenvalue weighted by molar-refractivity contribution is 7.80. The standard InChI is InChI=1S/C9H12N4OS2/c1-2-6-12-13-9(16-6)11-8(15)10-7(14)5-3-4-5/h5H,2-4H2,1H3,(H2,10,11,13,14,15). The van der Waals surface area contributed by atoms with Gasteiger partial charge in [0.05, 0.1) is 0 Å². The molecule has 1 aromatic heterocycles. The van der Waals surface area contributed by atoms with Crippen LogP contribution in [0.15, 0.2) is 0 Å². The molecule has 1 fully saturated rings. The van der Waals surface area contributed by atoms with Crippen molar-refractivity contribution in [3.8, 4) is 0 Å². The van der Waals surface area contributed by atoms with Crippen LogP contribution in [0.5, 0.6) is 0 Å². The first-order valence-corrected chi connectivity index (χ1v) is 6.35. The van der Waals surface area contributed by atoms with Crippen LogP contribution in [0.4, 0.5) is 5.13 Å². The predicted octanol–water partition coefficient (Wildman–Crippen LogP) is 1.32. The first kappa shape index (κ1) is 11.4. The molecule has 1 aliphatic rings. The largest absolute Gasteiger partial charge is 0.307 e. The summed E-state index contributed by atoms with van der Waals surface area (Å²) >= 11 is 6.44. The van der Waals surface area contributed by atoms with Gasteiger partial charge < -0.3 is 10.6 Å². The van der Waals surface area contributed by atoms with Gasteiger partial charge in [-0.15, -0.1) is 10.2 Å². The summed E-state index contributed by atoms with van der Waals surface area (Å²) in [6, 6.07) is 0. The molecule has 1 saturated carbocycles. The van der Waals surface area contributed by atoms with Crippen LogP contribution in [-0.4, -0.2) is 21.2 Å². The molecule has 0 spiro atoms. The molecule has 5 nitrogen and oxygen atoms in total. The number of hydrogen-bond donors (Lipinski definition) is 2. The maximum Gasteiger partial charge on any atom is 0.229 e. The molecule has 2 N–H and O–H groups in total. The fourth-order valence-corrected chi connectivity index (χ4v) is 2.08. The highest BCUT2D eigenvalue weighted by Gasteiger charge is 2.30. The molecule has 0 unspecified atom stereocenters. The highest BCUT2D eigenvalue weighted by atomic mass is 32.1. The van der Waals surface area contributed by atoms with Gasteiger partial charge in [0.25, 0.3) is 0 Å². The minimum Gasteiger partial charge on any atom is -0.307 e. The number of rotatable bonds is 3. The van der Waals surface area contributed by atoms with Crippen molar-refractivity contribution in [3.63, 3.8) is 0 Å². The minimum atomic E-state index is -0.00210. The fourth-order valence-electron chi connectivity index (χ4n) is 1.13. The summed E-state index contributed by atoms with van der Waals surface area (Å²) in [6.07, 6.45) is 2.78. The van der Waals surface area contributed by atoms with Crippen molar-refractivity contribution in [2.24, 2.45) is 5.92 Å². The minimum absolute atomic E-state index is 0.00210. The zero-order valence-electron chi connectivity index (χ0n) is 8.82. The normalized spacial score (nSPS) is 14.6. The molecule has 2 rings (SSSR count). The van der Waals surface area contributed by atoms with Gasteiger partial charge in [-0.05, 0) is 31.5 Å². The summed E-state index contributed by atoms with van der Waals surface area (Å²) in [5, 5.41) is 15.2. The Morgan fingerprint density at radius 1 is 1.56 bits per heavy atom. The summed E-state index contributed by atoms with van der Waals surface area (Å²) in [4.78, 5) is 11.4. The van der Waals surface area contributed by atoms with E-state index in [1.807, 2.05) is 6.92 Å². The Kier molecular flexibility index (Phi) is 3.45. The third kappa shape index (κ3) is 2.96. The van der Waals surface area contributed by atoms with E-state index in [0.29, 0.717) is 10.2 Å². The molecule has 7 heteroatoms. The highest BCUT2D eigenvalue weighted by Crippen LogP contribution is 2.28. The lowest BCUT2D eigenvalue weighted by molar-refractivity contribution is -0.120. The number of nitrogens with one attached hydrogen (secondary N) is 2. The van der Waals surface area contributed by atoms with Crippen molar-refractivity contribution >= 4 is 39.7 Å². The van der Waals surface area contributed by atoms with E-state index in [9.17, 15) is 4.79 Å². The molecule has 1 aliphatic carbocycles. The van der Waals surface area contributed by atoms with Gasteiger partial charge in [0.1, 0.15) is 5.01 Å². The fraction of sp³-hybridized carbons (Fsp3) is 0.556. The second-order valence-electron chi connectivity index (χ2n) is 3.57. The Bertz CT molecular complexity index is 413. The van der Waals surface area contributed by atoms with Crippen molar-refractivity contribution in [2.45, 2.75) is 26.2 Å². The Labute approximate surface area is 103 Å². The lowest BCUT2D eigenvalue weighted by atomic mass is 10.4. The zero-order valence-corrected chi connectivity index (χ0v) is 10.5. The van der Waals surface area contributed by atoms with E-state index in [2.05, 4.69) is 20.8 Å². The van der Waals surface area contributed by atoms with Crippen molar-refractivity contribution in [1.29, 1.82) is 0 Å². The van der Waals surface area contributed by atoms with Gasteiger partial charge in [0, 0.05) is 5.92 Å². The van der Waals surface area contributed by atoms with Gasteiger partial charge in [0.15, 0.2) is 5.11 Å². The van der Waals surface area contributed by atoms with Crippen molar-refractivity contribution in [3.05, 3.63) is 5.01 Å². The van der Waals surface area contributed by atoms with Gasteiger partial charge in [-0.3, -0.25) is 4.79 Å². The third-order valence-electron chi connectivity index (χ3n) is 2.17. The lowest BCUT2D eigenvalue weighted by Crippen LogP contribution is -2.35. The first-order chi connectivity index (χ1) is 7.69. The molecular formula is C9H12N4OS2. The molecule has 1 aromatic rings. The van der Waals surface area contributed by atoms with Crippen LogP contribution in [0.3, 0.4) is 0 Å². The molecule has 0 saturated heterocycles. The monoisotopic (exact) mass is 256 g/mol. The van der Waals surface area contributed by atoms with Crippen molar-refractivity contribution in [1.82, 2.24) is 15.5 Å². The van der Waals surface area contributed by atoms with Gasteiger partial charge in [-0.2, -0.15) is 0 Å². The number of carbonyl (C=O) groups excluding carboxylic acids is 1. The van der Waals surface area contributed by atoms with Gasteiger partial charge in [-0.25, -0.2) is 0 Å². The van der Waals surface area contributed by atoms with Crippen LogP contribution < -0.4 is 10.6 Å². The number of carbonyl (C=O) groups is 1. The van der Waals surface area contributed by atoms with E-state index >= 15 is 0 Å². The summed E-state index contributed by atoms with van der Waals surface area (Å²) in [6.45, 7) is 2.01. The zero-order chi connectivity index (χ0) is 11.5. The molecule has 1 heterocycles. The predicted molar refractivity (Wildman–Crippen MR) is 66.4 cm³/mol. The Morgan fingerprint density at radius 2 is 2.31 bits per heavy atom. The van der Waals surface area contributed by atoms with E-state index in [4.69, 9.17) is 12.2 Å². The molecular weight excluding hydrogens is 244 g/mol. The summed E-state index contributed by atoms with van der Waals surface area (Å²) in [5.41, 5.74) is 0. The van der Waals surface area contributed by atoms with Gasteiger partial charge in [0.2, 0.25) is 11.0 Å². The molecule has 0 atom stereocenters. The average Bonchev–Trinajstić information content (AvgIpc) is 3.00. The average molecular weight is 256 g/mol. The van der Waals surface area contributed by atoms with Crippen molar-refractivity contribution in [2.75, 3.05) is 5.32 Å². The van der Waals surface area contributed by atoms with Crippen molar-refractivity contribution < 1.29 is 4.79 Å². The van der Waals surface area contributed by atoms with Crippen LogP contribution in [0.2, 0.25) is 0 Å².